The van der Waals surface area contributed by atoms with E-state index in [0.29, 0.717) is 11.8 Å². The van der Waals surface area contributed by atoms with Gasteiger partial charge in [-0.1, -0.05) is 78.3 Å². The molecule has 0 aliphatic carbocycles. The fourth-order valence-corrected chi connectivity index (χ4v) is 4.66. The summed E-state index contributed by atoms with van der Waals surface area (Å²) in [6.45, 7) is 13.4. The second kappa shape index (κ2) is 12.7. The lowest BCUT2D eigenvalue weighted by molar-refractivity contribution is -0.659. The highest BCUT2D eigenvalue weighted by Gasteiger charge is 2.25. The van der Waals surface area contributed by atoms with E-state index in [1.807, 2.05) is 12.1 Å². The Kier molecular flexibility index (Phi) is 9.64. The maximum absolute atomic E-state index is 13.7. The molecule has 0 radical (unpaired) electrons. The summed E-state index contributed by atoms with van der Waals surface area (Å²) in [5.41, 5.74) is 7.48. The quantitative estimate of drug-likeness (QED) is 0.232. The van der Waals surface area contributed by atoms with Crippen LogP contribution in [0.3, 0.4) is 0 Å². The van der Waals surface area contributed by atoms with Gasteiger partial charge in [-0.15, -0.1) is 0 Å². The summed E-state index contributed by atoms with van der Waals surface area (Å²) in [6.07, 6.45) is 7.46. The summed E-state index contributed by atoms with van der Waals surface area (Å²) < 4.78 is 18.1. The van der Waals surface area contributed by atoms with Crippen LogP contribution in [0.1, 0.15) is 59.1 Å². The number of imidazole rings is 1. The van der Waals surface area contributed by atoms with Gasteiger partial charge in [0, 0.05) is 11.1 Å². The molecule has 0 saturated heterocycles. The number of hydrogen-bond donors (Lipinski definition) is 0. The van der Waals surface area contributed by atoms with E-state index in [0.717, 1.165) is 24.2 Å². The van der Waals surface area contributed by atoms with E-state index < -0.39 is 0 Å². The molecule has 0 unspecified atom stereocenters. The minimum Gasteiger partial charge on any atom is -0.232 e. The molecule has 3 heteroatoms. The van der Waals surface area contributed by atoms with Crippen molar-refractivity contribution in [3.05, 3.63) is 96.1 Å². The summed E-state index contributed by atoms with van der Waals surface area (Å²) in [5, 5.41) is 0. The zero-order chi connectivity index (χ0) is 26.2. The molecule has 0 bridgehead atoms. The molecule has 0 amide bonds. The van der Waals surface area contributed by atoms with E-state index in [1.165, 1.54) is 46.5 Å². The van der Waals surface area contributed by atoms with Crippen LogP contribution in [0.15, 0.2) is 79.1 Å². The lowest BCUT2D eigenvalue weighted by atomic mass is 9.90. The van der Waals surface area contributed by atoms with Crippen LogP contribution in [0.25, 0.3) is 28.2 Å². The molecule has 0 fully saturated rings. The summed E-state index contributed by atoms with van der Waals surface area (Å²) in [4.78, 5) is 0. The van der Waals surface area contributed by atoms with Gasteiger partial charge < -0.3 is 0 Å². The van der Waals surface area contributed by atoms with Crippen LogP contribution >= 0.6 is 0 Å². The van der Waals surface area contributed by atoms with Gasteiger partial charge in [0.15, 0.2) is 0 Å². The number of hydrogen-bond acceptors (Lipinski definition) is 0. The first-order chi connectivity index (χ1) is 17.2. The number of aromatic nitrogens is 2. The van der Waals surface area contributed by atoms with E-state index in [9.17, 15) is 4.39 Å². The number of rotatable bonds is 7. The minimum absolute atomic E-state index is 0.215. The van der Waals surface area contributed by atoms with E-state index in [4.69, 9.17) is 0 Å². The van der Waals surface area contributed by atoms with Crippen LogP contribution in [0.4, 0.5) is 4.39 Å². The molecule has 0 aliphatic rings. The van der Waals surface area contributed by atoms with Crippen LogP contribution in [0.5, 0.6) is 0 Å². The highest BCUT2D eigenvalue weighted by atomic mass is 19.1. The van der Waals surface area contributed by atoms with Crippen LogP contribution < -0.4 is 4.57 Å². The Morgan fingerprint density at radius 2 is 1.28 bits per heavy atom. The van der Waals surface area contributed by atoms with E-state index >= 15 is 0 Å². The van der Waals surface area contributed by atoms with Gasteiger partial charge in [-0.3, -0.25) is 0 Å². The third kappa shape index (κ3) is 6.72. The largest absolute Gasteiger partial charge is 0.293 e. The van der Waals surface area contributed by atoms with Crippen molar-refractivity contribution in [1.29, 1.82) is 0 Å². The van der Waals surface area contributed by atoms with E-state index in [-0.39, 0.29) is 5.82 Å². The molecule has 3 aromatic carbocycles. The number of halogens is 1. The monoisotopic (exact) mass is 485 g/mol. The van der Waals surface area contributed by atoms with E-state index in [2.05, 4.69) is 113 Å². The van der Waals surface area contributed by atoms with Gasteiger partial charge in [0.2, 0.25) is 0 Å². The SMILES string of the molecule is CC(C)Cc1cc(-c2ccccc2)cc(CC(C)C)c1-n1cc[n+](C)c1-c1ccc(F)cc1.CCC. The third-order valence-electron chi connectivity index (χ3n) is 5.98. The molecule has 4 aromatic rings. The van der Waals surface area contributed by atoms with Gasteiger partial charge in [0.25, 0.3) is 5.82 Å². The topological polar surface area (TPSA) is 8.81 Å². The highest BCUT2D eigenvalue weighted by Crippen LogP contribution is 2.33. The summed E-state index contributed by atoms with van der Waals surface area (Å²) in [5.74, 6) is 1.89. The lowest BCUT2D eigenvalue weighted by Crippen LogP contribution is -2.29. The van der Waals surface area contributed by atoms with Crippen molar-refractivity contribution in [2.75, 3.05) is 0 Å². The molecule has 4 rings (SSSR count). The second-order valence-corrected chi connectivity index (χ2v) is 10.5. The molecule has 0 N–H and O–H groups in total. The standard InChI is InChI=1S/C30H34FN2.C3H8/c1-21(2)17-26-19-25(23-9-7-6-8-10-23)20-27(18-22(3)4)29(26)33-16-15-32(5)30(33)24-11-13-28(31)14-12-24;1-3-2/h6-16,19-22H,17-18H2,1-5H3;3H2,1-2H3/q+1;. The van der Waals surface area contributed by atoms with Crippen molar-refractivity contribution in [2.45, 2.75) is 60.8 Å². The molecule has 0 spiro atoms. The zero-order valence-corrected chi connectivity index (χ0v) is 23.1. The highest BCUT2D eigenvalue weighted by molar-refractivity contribution is 5.70. The first-order valence-electron chi connectivity index (χ1n) is 13.3. The van der Waals surface area contributed by atoms with E-state index in [1.54, 1.807) is 0 Å². The van der Waals surface area contributed by atoms with Crippen molar-refractivity contribution < 1.29 is 8.96 Å². The molecule has 1 heterocycles. The smallest absolute Gasteiger partial charge is 0.232 e. The maximum atomic E-state index is 13.7. The van der Waals surface area contributed by atoms with Crippen LogP contribution in [-0.4, -0.2) is 4.57 Å². The van der Waals surface area contributed by atoms with Crippen molar-refractivity contribution in [2.24, 2.45) is 18.9 Å². The van der Waals surface area contributed by atoms with Crippen LogP contribution in [0.2, 0.25) is 0 Å². The Morgan fingerprint density at radius 3 is 1.78 bits per heavy atom. The van der Waals surface area contributed by atoms with Gasteiger partial charge in [0.05, 0.1) is 12.6 Å². The molecule has 2 nitrogen and oxygen atoms in total. The third-order valence-corrected chi connectivity index (χ3v) is 5.98. The Balaban J connectivity index is 0.00000115. The Hall–Kier alpha value is -3.20. The van der Waals surface area contributed by atoms with Gasteiger partial charge in [0.1, 0.15) is 23.9 Å². The fourth-order valence-electron chi connectivity index (χ4n) is 4.66. The van der Waals surface area contributed by atoms with Gasteiger partial charge in [-0.2, -0.15) is 4.57 Å². The molecule has 0 saturated carbocycles. The Labute approximate surface area is 217 Å². The predicted molar refractivity (Wildman–Crippen MR) is 151 cm³/mol. The van der Waals surface area contributed by atoms with Crippen molar-refractivity contribution in [3.8, 4) is 28.2 Å². The Morgan fingerprint density at radius 1 is 0.750 bits per heavy atom. The lowest BCUT2D eigenvalue weighted by Gasteiger charge is -2.19. The second-order valence-electron chi connectivity index (χ2n) is 10.5. The molecular formula is C33H42FN2+. The zero-order valence-electron chi connectivity index (χ0n) is 23.1. The Bertz CT molecular complexity index is 1200. The molecule has 0 atom stereocenters. The number of nitrogens with zero attached hydrogens (tertiary/aromatic N) is 2. The summed E-state index contributed by atoms with van der Waals surface area (Å²) in [6, 6.07) is 22.2. The average Bonchev–Trinajstić information content (AvgIpc) is 3.20. The molecular weight excluding hydrogens is 443 g/mol. The van der Waals surface area contributed by atoms with Crippen molar-refractivity contribution >= 4 is 0 Å². The molecule has 1 aromatic heterocycles. The number of benzene rings is 3. The van der Waals surface area contributed by atoms with Crippen LogP contribution in [-0.2, 0) is 19.9 Å². The minimum atomic E-state index is -0.215. The van der Waals surface area contributed by atoms with Gasteiger partial charge in [-0.25, -0.2) is 8.96 Å². The normalized spacial score (nSPS) is 11.1. The van der Waals surface area contributed by atoms with Crippen molar-refractivity contribution in [1.82, 2.24) is 4.57 Å². The molecule has 0 aliphatic heterocycles. The first-order valence-corrected chi connectivity index (χ1v) is 13.3. The maximum Gasteiger partial charge on any atom is 0.293 e. The number of aryl methyl sites for hydroxylation is 1. The molecule has 36 heavy (non-hydrogen) atoms. The first kappa shape index (κ1) is 27.4. The fraction of sp³-hybridized carbons (Fsp3) is 0.364. The van der Waals surface area contributed by atoms with Gasteiger partial charge >= 0.3 is 0 Å². The van der Waals surface area contributed by atoms with Crippen molar-refractivity contribution in [3.63, 3.8) is 0 Å². The summed E-state index contributed by atoms with van der Waals surface area (Å²) in [7, 11) is 2.05. The molecule has 190 valence electrons. The predicted octanol–water partition coefficient (Wildman–Crippen LogP) is 8.59. The van der Waals surface area contributed by atoms with Gasteiger partial charge in [-0.05, 0) is 72.2 Å². The van der Waals surface area contributed by atoms with Crippen LogP contribution in [0, 0.1) is 17.7 Å². The summed E-state index contributed by atoms with van der Waals surface area (Å²) >= 11 is 0. The average molecular weight is 486 g/mol.